The van der Waals surface area contributed by atoms with Crippen LogP contribution in [0.5, 0.6) is 0 Å². The van der Waals surface area contributed by atoms with Crippen LogP contribution >= 0.6 is 11.8 Å². The predicted molar refractivity (Wildman–Crippen MR) is 78.9 cm³/mol. The molecular weight excluding hydrogens is 256 g/mol. The fraction of sp³-hybridized carbons (Fsp3) is 0.143. The SMILES string of the molecule is Cn1c(N)nnc1SCc1cccc2ccccc12. The zero-order valence-corrected chi connectivity index (χ0v) is 11.4. The first-order chi connectivity index (χ1) is 9.25. The first kappa shape index (κ1) is 12.0. The van der Waals surface area contributed by atoms with Gasteiger partial charge in [-0.05, 0) is 16.3 Å². The number of nitrogen functional groups attached to an aromatic ring is 1. The Bertz CT molecular complexity index is 715. The van der Waals surface area contributed by atoms with Gasteiger partial charge in [0.25, 0.3) is 0 Å². The number of nitrogens with zero attached hydrogens (tertiary/aromatic N) is 3. The number of hydrogen-bond donors (Lipinski definition) is 1. The summed E-state index contributed by atoms with van der Waals surface area (Å²) in [7, 11) is 1.88. The van der Waals surface area contributed by atoms with Crippen molar-refractivity contribution in [1.29, 1.82) is 0 Å². The van der Waals surface area contributed by atoms with Crippen molar-refractivity contribution in [1.82, 2.24) is 14.8 Å². The minimum Gasteiger partial charge on any atom is -0.368 e. The van der Waals surface area contributed by atoms with E-state index in [1.165, 1.54) is 16.3 Å². The van der Waals surface area contributed by atoms with Gasteiger partial charge in [-0.15, -0.1) is 10.2 Å². The summed E-state index contributed by atoms with van der Waals surface area (Å²) in [5.41, 5.74) is 6.97. The van der Waals surface area contributed by atoms with Crippen molar-refractivity contribution in [3.05, 3.63) is 48.0 Å². The van der Waals surface area contributed by atoms with Gasteiger partial charge < -0.3 is 5.73 Å². The molecule has 2 N–H and O–H groups in total. The molecule has 0 aliphatic carbocycles. The van der Waals surface area contributed by atoms with E-state index in [-0.39, 0.29) is 0 Å². The highest BCUT2D eigenvalue weighted by molar-refractivity contribution is 7.98. The second-order valence-electron chi connectivity index (χ2n) is 4.33. The van der Waals surface area contributed by atoms with Gasteiger partial charge in [0.2, 0.25) is 5.95 Å². The molecule has 2 aromatic carbocycles. The van der Waals surface area contributed by atoms with E-state index < -0.39 is 0 Å². The lowest BCUT2D eigenvalue weighted by Gasteiger charge is -2.06. The molecule has 1 aromatic heterocycles. The molecule has 0 bridgehead atoms. The van der Waals surface area contributed by atoms with Crippen LogP contribution in [0.1, 0.15) is 5.56 Å². The fourth-order valence-electron chi connectivity index (χ4n) is 2.01. The van der Waals surface area contributed by atoms with Gasteiger partial charge in [-0.1, -0.05) is 54.2 Å². The highest BCUT2D eigenvalue weighted by Gasteiger charge is 2.07. The Morgan fingerprint density at radius 1 is 1.11 bits per heavy atom. The summed E-state index contributed by atoms with van der Waals surface area (Å²) in [6.07, 6.45) is 0. The van der Waals surface area contributed by atoms with Crippen LogP contribution in [0.2, 0.25) is 0 Å². The molecule has 3 aromatic rings. The van der Waals surface area contributed by atoms with Crippen molar-refractivity contribution in [2.75, 3.05) is 5.73 Å². The summed E-state index contributed by atoms with van der Waals surface area (Å²) in [6, 6.07) is 14.8. The Kier molecular flexibility index (Phi) is 3.13. The van der Waals surface area contributed by atoms with Crippen molar-refractivity contribution < 1.29 is 0 Å². The van der Waals surface area contributed by atoms with E-state index in [9.17, 15) is 0 Å². The van der Waals surface area contributed by atoms with E-state index in [0.717, 1.165) is 10.9 Å². The maximum atomic E-state index is 5.68. The minimum atomic E-state index is 0.445. The third-order valence-corrected chi connectivity index (χ3v) is 4.17. The lowest BCUT2D eigenvalue weighted by molar-refractivity contribution is 0.796. The van der Waals surface area contributed by atoms with E-state index in [1.54, 1.807) is 16.3 Å². The van der Waals surface area contributed by atoms with Crippen molar-refractivity contribution in [2.24, 2.45) is 7.05 Å². The first-order valence-corrected chi connectivity index (χ1v) is 6.98. The average Bonchev–Trinajstić information content (AvgIpc) is 2.76. The molecule has 5 heteroatoms. The third kappa shape index (κ3) is 2.29. The highest BCUT2D eigenvalue weighted by Crippen LogP contribution is 2.26. The summed E-state index contributed by atoms with van der Waals surface area (Å²) < 4.78 is 1.80. The predicted octanol–water partition coefficient (Wildman–Crippen LogP) is 2.84. The van der Waals surface area contributed by atoms with E-state index in [1.807, 2.05) is 7.05 Å². The van der Waals surface area contributed by atoms with Gasteiger partial charge in [0.15, 0.2) is 5.16 Å². The van der Waals surface area contributed by atoms with Gasteiger partial charge >= 0.3 is 0 Å². The molecule has 0 unspecified atom stereocenters. The van der Waals surface area contributed by atoms with Crippen molar-refractivity contribution in [2.45, 2.75) is 10.9 Å². The zero-order valence-electron chi connectivity index (χ0n) is 10.6. The first-order valence-electron chi connectivity index (χ1n) is 6.00. The Labute approximate surface area is 115 Å². The molecule has 4 nitrogen and oxygen atoms in total. The van der Waals surface area contributed by atoms with Gasteiger partial charge in [0.05, 0.1) is 0 Å². The summed E-state index contributed by atoms with van der Waals surface area (Å²) in [5, 5.41) is 11.3. The van der Waals surface area contributed by atoms with E-state index in [0.29, 0.717) is 5.95 Å². The van der Waals surface area contributed by atoms with Crippen LogP contribution in [0.3, 0.4) is 0 Å². The lowest BCUT2D eigenvalue weighted by atomic mass is 10.1. The molecule has 0 saturated heterocycles. The van der Waals surface area contributed by atoms with Gasteiger partial charge in [-0.2, -0.15) is 0 Å². The van der Waals surface area contributed by atoms with Crippen LogP contribution in [0.25, 0.3) is 10.8 Å². The zero-order chi connectivity index (χ0) is 13.2. The number of nitrogens with two attached hydrogens (primary N) is 1. The van der Waals surface area contributed by atoms with Crippen molar-refractivity contribution in [3.63, 3.8) is 0 Å². The van der Waals surface area contributed by atoms with E-state index >= 15 is 0 Å². The van der Waals surface area contributed by atoms with Crippen molar-refractivity contribution in [3.8, 4) is 0 Å². The highest BCUT2D eigenvalue weighted by atomic mass is 32.2. The molecule has 96 valence electrons. The van der Waals surface area contributed by atoms with E-state index in [4.69, 9.17) is 5.73 Å². The normalized spacial score (nSPS) is 11.0. The standard InChI is InChI=1S/C14H14N4S/c1-18-13(15)16-17-14(18)19-9-11-7-4-6-10-5-2-3-8-12(10)11/h2-8H,9H2,1H3,(H2,15,16). The smallest absolute Gasteiger partial charge is 0.222 e. The Morgan fingerprint density at radius 2 is 1.89 bits per heavy atom. The molecule has 0 radical (unpaired) electrons. The molecule has 0 aliphatic heterocycles. The summed E-state index contributed by atoms with van der Waals surface area (Å²) in [4.78, 5) is 0. The van der Waals surface area contributed by atoms with E-state index in [2.05, 4.69) is 52.7 Å². The van der Waals surface area contributed by atoms with Crippen LogP contribution in [0.4, 0.5) is 5.95 Å². The molecule has 0 fully saturated rings. The molecule has 1 heterocycles. The largest absolute Gasteiger partial charge is 0.368 e. The van der Waals surface area contributed by atoms with Gasteiger partial charge in [0.1, 0.15) is 0 Å². The van der Waals surface area contributed by atoms with Crippen LogP contribution < -0.4 is 5.73 Å². The number of benzene rings is 2. The minimum absolute atomic E-state index is 0.445. The van der Waals surface area contributed by atoms with Crippen LogP contribution in [-0.2, 0) is 12.8 Å². The molecule has 0 amide bonds. The van der Waals surface area contributed by atoms with Crippen LogP contribution in [0.15, 0.2) is 47.6 Å². The number of hydrogen-bond acceptors (Lipinski definition) is 4. The maximum Gasteiger partial charge on any atom is 0.222 e. The molecular formula is C14H14N4S. The monoisotopic (exact) mass is 270 g/mol. The average molecular weight is 270 g/mol. The van der Waals surface area contributed by atoms with Gasteiger partial charge in [-0.25, -0.2) is 0 Å². The number of fused-ring (bicyclic) bond motifs is 1. The molecule has 0 spiro atoms. The number of rotatable bonds is 3. The van der Waals surface area contributed by atoms with Gasteiger partial charge in [0, 0.05) is 12.8 Å². The second-order valence-corrected chi connectivity index (χ2v) is 5.27. The topological polar surface area (TPSA) is 56.7 Å². The fourth-order valence-corrected chi connectivity index (χ4v) is 2.93. The summed E-state index contributed by atoms with van der Waals surface area (Å²) >= 11 is 1.65. The Hall–Kier alpha value is -2.01. The number of anilines is 1. The van der Waals surface area contributed by atoms with Crippen LogP contribution in [-0.4, -0.2) is 14.8 Å². The summed E-state index contributed by atoms with van der Waals surface area (Å²) in [6.45, 7) is 0. The van der Waals surface area contributed by atoms with Crippen molar-refractivity contribution >= 4 is 28.5 Å². The second kappa shape index (κ2) is 4.93. The number of aromatic nitrogens is 3. The third-order valence-electron chi connectivity index (χ3n) is 3.11. The summed E-state index contributed by atoms with van der Waals surface area (Å²) in [5.74, 6) is 1.30. The molecule has 0 atom stereocenters. The Morgan fingerprint density at radius 3 is 2.68 bits per heavy atom. The van der Waals surface area contributed by atoms with Gasteiger partial charge in [-0.3, -0.25) is 4.57 Å². The Balaban J connectivity index is 1.88. The molecule has 19 heavy (non-hydrogen) atoms. The van der Waals surface area contributed by atoms with Crippen LogP contribution in [0, 0.1) is 0 Å². The quantitative estimate of drug-likeness (QED) is 0.743. The molecule has 0 aliphatic rings. The lowest BCUT2D eigenvalue weighted by Crippen LogP contribution is -1.98. The molecule has 3 rings (SSSR count). The number of thioether (sulfide) groups is 1. The maximum absolute atomic E-state index is 5.68. The molecule has 0 saturated carbocycles.